The summed E-state index contributed by atoms with van der Waals surface area (Å²) in [5, 5.41) is 2.61. The summed E-state index contributed by atoms with van der Waals surface area (Å²) in [5.41, 5.74) is 11.8. The summed E-state index contributed by atoms with van der Waals surface area (Å²) in [5.74, 6) is 0. The number of hydrogen-bond acceptors (Lipinski definition) is 3. The summed E-state index contributed by atoms with van der Waals surface area (Å²) in [6.45, 7) is 2.15. The Morgan fingerprint density at radius 3 is 2.45 bits per heavy atom. The Labute approximate surface area is 122 Å². The molecular weight excluding hydrogens is 264 g/mol. The molecule has 0 saturated carbocycles. The third kappa shape index (κ3) is 2.73. The van der Waals surface area contributed by atoms with Gasteiger partial charge in [0.2, 0.25) is 0 Å². The van der Waals surface area contributed by atoms with Gasteiger partial charge in [-0.3, -0.25) is 0 Å². The number of hydrogen-bond donors (Lipinski definition) is 1. The molecule has 1 aromatic heterocycles. The Morgan fingerprint density at radius 1 is 1.05 bits per heavy atom. The topological polar surface area (TPSA) is 38.9 Å². The second kappa shape index (κ2) is 5.47. The van der Waals surface area contributed by atoms with Crippen LogP contribution < -0.4 is 5.73 Å². The maximum atomic E-state index is 5.67. The van der Waals surface area contributed by atoms with Gasteiger partial charge in [-0.1, -0.05) is 48.5 Å². The largest absolute Gasteiger partial charge is 0.375 e. The smallest absolute Gasteiger partial charge is 0.180 e. The first-order valence-corrected chi connectivity index (χ1v) is 7.45. The molecule has 100 valence electrons. The number of aryl methyl sites for hydroxylation is 1. The van der Waals surface area contributed by atoms with Gasteiger partial charge in [-0.15, -0.1) is 11.3 Å². The van der Waals surface area contributed by atoms with Gasteiger partial charge in [0.1, 0.15) is 0 Å². The molecule has 0 bridgehead atoms. The fraction of sp³-hybridized carbons (Fsp3) is 0.118. The lowest BCUT2D eigenvalue weighted by Crippen LogP contribution is -1.91. The zero-order valence-corrected chi connectivity index (χ0v) is 12.2. The van der Waals surface area contributed by atoms with E-state index in [4.69, 9.17) is 5.73 Å². The summed E-state index contributed by atoms with van der Waals surface area (Å²) < 4.78 is 0. The van der Waals surface area contributed by atoms with Crippen molar-refractivity contribution in [2.24, 2.45) is 0 Å². The van der Waals surface area contributed by atoms with E-state index in [1.165, 1.54) is 28.0 Å². The summed E-state index contributed by atoms with van der Waals surface area (Å²) >= 11 is 1.47. The van der Waals surface area contributed by atoms with Gasteiger partial charge in [-0.25, -0.2) is 4.98 Å². The van der Waals surface area contributed by atoms with Crippen LogP contribution in [0.3, 0.4) is 0 Å². The number of nitrogens with zero attached hydrogens (tertiary/aromatic N) is 1. The highest BCUT2D eigenvalue weighted by Gasteiger charge is 2.03. The van der Waals surface area contributed by atoms with E-state index in [1.807, 2.05) is 5.38 Å². The van der Waals surface area contributed by atoms with E-state index in [0.29, 0.717) is 5.13 Å². The molecule has 0 aliphatic rings. The number of nitrogen functional groups attached to an aromatic ring is 1. The monoisotopic (exact) mass is 280 g/mol. The van der Waals surface area contributed by atoms with Gasteiger partial charge < -0.3 is 5.73 Å². The average Bonchev–Trinajstić information content (AvgIpc) is 2.89. The normalized spacial score (nSPS) is 10.7. The van der Waals surface area contributed by atoms with Crippen LogP contribution in [0.25, 0.3) is 11.3 Å². The predicted molar refractivity (Wildman–Crippen MR) is 85.9 cm³/mol. The third-order valence-electron chi connectivity index (χ3n) is 3.43. The van der Waals surface area contributed by atoms with Gasteiger partial charge in [0.15, 0.2) is 5.13 Å². The number of nitrogens with two attached hydrogens (primary N) is 1. The van der Waals surface area contributed by atoms with Crippen LogP contribution in [0.5, 0.6) is 0 Å². The summed E-state index contributed by atoms with van der Waals surface area (Å²) in [6, 6.07) is 17.1. The lowest BCUT2D eigenvalue weighted by atomic mass is 9.99. The summed E-state index contributed by atoms with van der Waals surface area (Å²) in [7, 11) is 0. The highest BCUT2D eigenvalue weighted by Crippen LogP contribution is 2.24. The lowest BCUT2D eigenvalue weighted by molar-refractivity contribution is 1.16. The molecule has 3 aromatic rings. The first-order valence-electron chi connectivity index (χ1n) is 6.57. The minimum absolute atomic E-state index is 0.615. The standard InChI is InChI=1S/C17H16N2S/c1-12-4-2-3-5-15(12)10-13-6-8-14(9-7-13)16-11-20-17(18)19-16/h2-9,11H,10H2,1H3,(H2,18,19). The van der Waals surface area contributed by atoms with Gasteiger partial charge in [0.25, 0.3) is 0 Å². The molecular formula is C17H16N2S. The first-order chi connectivity index (χ1) is 9.72. The Hall–Kier alpha value is -2.13. The van der Waals surface area contributed by atoms with Crippen LogP contribution >= 0.6 is 11.3 Å². The predicted octanol–water partition coefficient (Wildman–Crippen LogP) is 4.29. The number of rotatable bonds is 3. The molecule has 0 spiro atoms. The lowest BCUT2D eigenvalue weighted by Gasteiger charge is -2.06. The molecule has 0 atom stereocenters. The molecule has 0 fully saturated rings. The molecule has 3 heteroatoms. The Kier molecular flexibility index (Phi) is 3.52. The third-order valence-corrected chi connectivity index (χ3v) is 4.10. The fourth-order valence-electron chi connectivity index (χ4n) is 2.24. The fourth-order valence-corrected chi connectivity index (χ4v) is 2.81. The highest BCUT2D eigenvalue weighted by atomic mass is 32.1. The van der Waals surface area contributed by atoms with Crippen molar-refractivity contribution in [2.75, 3.05) is 5.73 Å². The molecule has 0 aliphatic heterocycles. The molecule has 0 amide bonds. The number of thiazole rings is 1. The Bertz CT molecular complexity index is 714. The molecule has 0 saturated heterocycles. The van der Waals surface area contributed by atoms with Gasteiger partial charge in [-0.2, -0.15) is 0 Å². The van der Waals surface area contributed by atoms with E-state index in [0.717, 1.165) is 17.7 Å². The van der Waals surface area contributed by atoms with Crippen molar-refractivity contribution in [1.82, 2.24) is 4.98 Å². The van der Waals surface area contributed by atoms with Crippen molar-refractivity contribution in [3.63, 3.8) is 0 Å². The van der Waals surface area contributed by atoms with E-state index in [-0.39, 0.29) is 0 Å². The van der Waals surface area contributed by atoms with Crippen molar-refractivity contribution in [1.29, 1.82) is 0 Å². The maximum absolute atomic E-state index is 5.67. The molecule has 1 heterocycles. The first kappa shape index (κ1) is 12.9. The van der Waals surface area contributed by atoms with Crippen molar-refractivity contribution >= 4 is 16.5 Å². The van der Waals surface area contributed by atoms with Crippen molar-refractivity contribution < 1.29 is 0 Å². The summed E-state index contributed by atoms with van der Waals surface area (Å²) in [6.07, 6.45) is 0.964. The van der Waals surface area contributed by atoms with Crippen LogP contribution in [-0.2, 0) is 6.42 Å². The molecule has 0 radical (unpaired) electrons. The molecule has 0 aliphatic carbocycles. The van der Waals surface area contributed by atoms with Crippen molar-refractivity contribution in [3.05, 3.63) is 70.6 Å². The molecule has 2 N–H and O–H groups in total. The molecule has 0 unspecified atom stereocenters. The van der Waals surface area contributed by atoms with E-state index in [1.54, 1.807) is 0 Å². The van der Waals surface area contributed by atoms with Crippen LogP contribution in [0.2, 0.25) is 0 Å². The van der Waals surface area contributed by atoms with Crippen LogP contribution in [0, 0.1) is 6.92 Å². The quantitative estimate of drug-likeness (QED) is 0.777. The minimum Gasteiger partial charge on any atom is -0.375 e. The summed E-state index contributed by atoms with van der Waals surface area (Å²) in [4.78, 5) is 4.30. The number of benzene rings is 2. The van der Waals surface area contributed by atoms with E-state index < -0.39 is 0 Å². The van der Waals surface area contributed by atoms with Gasteiger partial charge in [0, 0.05) is 10.9 Å². The minimum atomic E-state index is 0.615. The molecule has 2 nitrogen and oxygen atoms in total. The maximum Gasteiger partial charge on any atom is 0.180 e. The molecule has 3 rings (SSSR count). The zero-order valence-electron chi connectivity index (χ0n) is 11.3. The van der Waals surface area contributed by atoms with E-state index in [2.05, 4.69) is 60.4 Å². The van der Waals surface area contributed by atoms with E-state index in [9.17, 15) is 0 Å². The highest BCUT2D eigenvalue weighted by molar-refractivity contribution is 7.13. The average molecular weight is 280 g/mol. The van der Waals surface area contributed by atoms with Crippen molar-refractivity contribution in [2.45, 2.75) is 13.3 Å². The van der Waals surface area contributed by atoms with Gasteiger partial charge >= 0.3 is 0 Å². The second-order valence-corrected chi connectivity index (χ2v) is 5.76. The Balaban J connectivity index is 1.82. The Morgan fingerprint density at radius 2 is 1.80 bits per heavy atom. The van der Waals surface area contributed by atoms with Gasteiger partial charge in [-0.05, 0) is 30.0 Å². The van der Waals surface area contributed by atoms with Crippen LogP contribution in [0.1, 0.15) is 16.7 Å². The van der Waals surface area contributed by atoms with Crippen molar-refractivity contribution in [3.8, 4) is 11.3 Å². The van der Waals surface area contributed by atoms with E-state index >= 15 is 0 Å². The zero-order chi connectivity index (χ0) is 13.9. The molecule has 20 heavy (non-hydrogen) atoms. The van der Waals surface area contributed by atoms with Crippen LogP contribution in [0.15, 0.2) is 53.9 Å². The van der Waals surface area contributed by atoms with Gasteiger partial charge in [0.05, 0.1) is 5.69 Å². The number of anilines is 1. The van der Waals surface area contributed by atoms with Crippen LogP contribution in [0.4, 0.5) is 5.13 Å². The second-order valence-electron chi connectivity index (χ2n) is 4.87. The SMILES string of the molecule is Cc1ccccc1Cc1ccc(-c2csc(N)n2)cc1. The van der Waals surface area contributed by atoms with Crippen LogP contribution in [-0.4, -0.2) is 4.98 Å². The number of aromatic nitrogens is 1. The molecule has 2 aromatic carbocycles.